The number of Topliss-reactive ketones (excluding diaryl/α,β-unsaturated/α-hetero) is 1. The van der Waals surface area contributed by atoms with Gasteiger partial charge in [0.1, 0.15) is 30.2 Å². The maximum Gasteiger partial charge on any atom is 0.362 e. The van der Waals surface area contributed by atoms with Crippen LogP contribution in [0.4, 0.5) is 5.82 Å². The lowest BCUT2D eigenvalue weighted by atomic mass is 9.91. The third-order valence-electron chi connectivity index (χ3n) is 5.28. The second kappa shape index (κ2) is 8.20. The first-order valence-corrected chi connectivity index (χ1v) is 11.8. The van der Waals surface area contributed by atoms with Gasteiger partial charge in [-0.1, -0.05) is 20.8 Å². The summed E-state index contributed by atoms with van der Waals surface area (Å²) < 4.78 is 50.7. The van der Waals surface area contributed by atoms with E-state index >= 15 is 0 Å². The van der Waals surface area contributed by atoms with Gasteiger partial charge in [-0.25, -0.2) is 19.7 Å². The zero-order chi connectivity index (χ0) is 25.1. The molecular formula is C19H26N6O8S. The second-order valence-electron chi connectivity index (χ2n) is 9.46. The van der Waals surface area contributed by atoms with Crippen LogP contribution in [0.3, 0.4) is 0 Å². The number of anilines is 1. The number of hydrogen-bond acceptors (Lipinski definition) is 12. The molecule has 4 atom stereocenters. The molecule has 3 N–H and O–H groups in total. The van der Waals surface area contributed by atoms with Gasteiger partial charge < -0.3 is 19.9 Å². The van der Waals surface area contributed by atoms with E-state index in [0.29, 0.717) is 11.2 Å². The van der Waals surface area contributed by atoms with Crippen molar-refractivity contribution in [3.63, 3.8) is 0 Å². The van der Waals surface area contributed by atoms with Crippen molar-refractivity contribution in [3.8, 4) is 0 Å². The van der Waals surface area contributed by atoms with Crippen LogP contribution in [-0.4, -0.2) is 70.3 Å². The first-order chi connectivity index (χ1) is 15.7. The van der Waals surface area contributed by atoms with E-state index < -0.39 is 64.3 Å². The number of rotatable bonds is 6. The summed E-state index contributed by atoms with van der Waals surface area (Å²) in [6, 6.07) is 0. The van der Waals surface area contributed by atoms with Gasteiger partial charge in [0, 0.05) is 5.41 Å². The van der Waals surface area contributed by atoms with Crippen LogP contribution in [0.5, 0.6) is 0 Å². The van der Waals surface area contributed by atoms with Gasteiger partial charge in [-0.2, -0.15) is 8.42 Å². The minimum atomic E-state index is -4.60. The normalized spacial score (nSPS) is 26.5. The molecule has 2 fully saturated rings. The predicted octanol–water partition coefficient (Wildman–Crippen LogP) is -0.181. The Bertz CT molecular complexity index is 1240. The van der Waals surface area contributed by atoms with E-state index in [-0.39, 0.29) is 5.82 Å². The zero-order valence-corrected chi connectivity index (χ0v) is 20.0. The quantitative estimate of drug-likeness (QED) is 0.501. The molecule has 2 saturated heterocycles. The van der Waals surface area contributed by atoms with Crippen LogP contribution in [0.2, 0.25) is 0 Å². The van der Waals surface area contributed by atoms with E-state index in [4.69, 9.17) is 24.1 Å². The highest BCUT2D eigenvalue weighted by molar-refractivity contribution is 7.85. The molecule has 2 aliphatic rings. The van der Waals surface area contributed by atoms with Gasteiger partial charge >= 0.3 is 16.2 Å². The van der Waals surface area contributed by atoms with E-state index in [0.717, 1.165) is 0 Å². The van der Waals surface area contributed by atoms with Gasteiger partial charge in [-0.15, -0.1) is 0 Å². The Morgan fingerprint density at radius 2 is 1.88 bits per heavy atom. The van der Waals surface area contributed by atoms with E-state index in [1.165, 1.54) is 33.4 Å². The van der Waals surface area contributed by atoms with Crippen LogP contribution < -0.4 is 10.5 Å². The summed E-state index contributed by atoms with van der Waals surface area (Å²) in [6.07, 6.45) is -0.314. The van der Waals surface area contributed by atoms with E-state index in [9.17, 15) is 18.0 Å². The number of nitrogen functional groups attached to an aromatic ring is 1. The van der Waals surface area contributed by atoms with Crippen LogP contribution in [0.25, 0.3) is 11.2 Å². The fourth-order valence-electron chi connectivity index (χ4n) is 3.76. The Morgan fingerprint density at radius 1 is 1.21 bits per heavy atom. The Balaban J connectivity index is 1.52. The molecule has 14 nitrogen and oxygen atoms in total. The number of carbonyl (C=O) groups is 2. The third kappa shape index (κ3) is 4.61. The van der Waals surface area contributed by atoms with Gasteiger partial charge in [0.05, 0.1) is 12.9 Å². The Kier molecular flexibility index (Phi) is 5.88. The fraction of sp³-hybridized carbons (Fsp3) is 0.632. The maximum absolute atomic E-state index is 12.3. The molecular weight excluding hydrogens is 472 g/mol. The molecule has 4 rings (SSSR count). The molecule has 4 heterocycles. The van der Waals surface area contributed by atoms with Crippen molar-refractivity contribution in [3.05, 3.63) is 12.7 Å². The summed E-state index contributed by atoms with van der Waals surface area (Å²) in [7, 11) is -4.60. The molecule has 0 saturated carbocycles. The molecule has 0 aliphatic carbocycles. The zero-order valence-electron chi connectivity index (χ0n) is 19.2. The summed E-state index contributed by atoms with van der Waals surface area (Å²) >= 11 is 0. The third-order valence-corrected chi connectivity index (χ3v) is 6.16. The molecule has 1 amide bonds. The number of nitrogens with zero attached hydrogens (tertiary/aromatic N) is 4. The molecule has 186 valence electrons. The molecule has 0 spiro atoms. The Morgan fingerprint density at radius 3 is 2.56 bits per heavy atom. The topological polar surface area (TPSA) is 187 Å². The Hall–Kier alpha value is -2.72. The maximum atomic E-state index is 12.3. The van der Waals surface area contributed by atoms with E-state index in [2.05, 4.69) is 15.0 Å². The van der Waals surface area contributed by atoms with Gasteiger partial charge in [-0.3, -0.25) is 18.3 Å². The standard InChI is InChI=1S/C19H26N6O8S/c1-18(2,3)13(26)16(27)24-34(28,29)30-6-9-11-12(33-19(4,5)32-11)17(31-9)25-8-23-10-14(20)21-7-22-15(10)25/h7-9,11-12,17H,6H2,1-5H3,(H,24,27)(H2,20,21,22)/t9-,11-,12-,17-/m1/s1. The van der Waals surface area contributed by atoms with Crippen molar-refractivity contribution in [1.29, 1.82) is 0 Å². The van der Waals surface area contributed by atoms with E-state index in [1.807, 2.05) is 0 Å². The van der Waals surface area contributed by atoms with Gasteiger partial charge in [0.2, 0.25) is 5.78 Å². The molecule has 2 aliphatic heterocycles. The van der Waals surface area contributed by atoms with Crippen molar-refractivity contribution in [2.24, 2.45) is 5.41 Å². The second-order valence-corrected chi connectivity index (χ2v) is 10.8. The minimum absolute atomic E-state index is 0.189. The van der Waals surface area contributed by atoms with E-state index in [1.54, 1.807) is 23.1 Å². The van der Waals surface area contributed by atoms with Crippen LogP contribution in [0.1, 0.15) is 40.8 Å². The number of fused-ring (bicyclic) bond motifs is 2. The summed E-state index contributed by atoms with van der Waals surface area (Å²) in [4.78, 5) is 36.3. The number of nitrogens with one attached hydrogen (secondary N) is 1. The van der Waals surface area contributed by atoms with Gasteiger partial charge in [0.15, 0.2) is 23.5 Å². The van der Waals surface area contributed by atoms with Crippen molar-refractivity contribution in [2.75, 3.05) is 12.3 Å². The molecule has 0 unspecified atom stereocenters. The number of hydrogen-bond donors (Lipinski definition) is 2. The number of ether oxygens (including phenoxy) is 3. The monoisotopic (exact) mass is 498 g/mol. The predicted molar refractivity (Wildman–Crippen MR) is 115 cm³/mol. The summed E-state index contributed by atoms with van der Waals surface area (Å²) in [5.74, 6) is -2.99. The average molecular weight is 499 g/mol. The highest BCUT2D eigenvalue weighted by Gasteiger charge is 2.56. The number of carbonyl (C=O) groups excluding carboxylic acids is 2. The highest BCUT2D eigenvalue weighted by atomic mass is 32.2. The lowest BCUT2D eigenvalue weighted by Crippen LogP contribution is -2.43. The minimum Gasteiger partial charge on any atom is -0.382 e. The number of imidazole rings is 1. The lowest BCUT2D eigenvalue weighted by Gasteiger charge is -2.24. The molecule has 34 heavy (non-hydrogen) atoms. The fourth-order valence-corrected chi connectivity index (χ4v) is 4.45. The summed E-state index contributed by atoms with van der Waals surface area (Å²) in [6.45, 7) is 7.39. The first-order valence-electron chi connectivity index (χ1n) is 10.4. The largest absolute Gasteiger partial charge is 0.382 e. The molecule has 0 radical (unpaired) electrons. The number of aromatic nitrogens is 4. The van der Waals surface area contributed by atoms with Crippen molar-refractivity contribution >= 4 is 39.0 Å². The van der Waals surface area contributed by atoms with Crippen molar-refractivity contribution < 1.29 is 36.4 Å². The Labute approximate surface area is 195 Å². The van der Waals surface area contributed by atoms with Crippen LogP contribution in [0.15, 0.2) is 12.7 Å². The van der Waals surface area contributed by atoms with Gasteiger partial charge in [-0.05, 0) is 13.8 Å². The smallest absolute Gasteiger partial charge is 0.362 e. The van der Waals surface area contributed by atoms with Crippen LogP contribution >= 0.6 is 0 Å². The lowest BCUT2D eigenvalue weighted by molar-refractivity contribution is -0.198. The average Bonchev–Trinajstić information content (AvgIpc) is 3.36. The highest BCUT2D eigenvalue weighted by Crippen LogP contribution is 2.44. The van der Waals surface area contributed by atoms with Crippen LogP contribution in [0, 0.1) is 5.41 Å². The van der Waals surface area contributed by atoms with Crippen molar-refractivity contribution in [1.82, 2.24) is 24.2 Å². The molecule has 15 heteroatoms. The summed E-state index contributed by atoms with van der Waals surface area (Å²) in [5.41, 5.74) is 5.56. The molecule has 0 aromatic carbocycles. The number of amides is 1. The number of ketones is 1. The van der Waals surface area contributed by atoms with Crippen molar-refractivity contribution in [2.45, 2.75) is 64.9 Å². The summed E-state index contributed by atoms with van der Waals surface area (Å²) in [5, 5.41) is 0. The molecule has 2 aromatic rings. The molecule has 0 bridgehead atoms. The molecule has 2 aromatic heterocycles. The first kappa shape index (κ1) is 24.4. The SMILES string of the molecule is CC1(C)O[C@@H]2[C@H](O1)[C@@H](COS(=O)(=O)NC(=O)C(=O)C(C)(C)C)O[C@H]2n1cnc2c(N)ncnc21. The number of nitrogens with two attached hydrogens (primary N) is 1. The van der Waals surface area contributed by atoms with Gasteiger partial charge in [0.25, 0.3) is 0 Å². The van der Waals surface area contributed by atoms with Crippen LogP contribution in [-0.2, 0) is 38.3 Å².